The molecule has 36 heavy (non-hydrogen) atoms. The highest BCUT2D eigenvalue weighted by Crippen LogP contribution is 2.28. The molecule has 0 aliphatic carbocycles. The molecule has 7 nitrogen and oxygen atoms in total. The highest BCUT2D eigenvalue weighted by atomic mass is 32.2. The number of aryl methyl sites for hydroxylation is 1. The minimum Gasteiger partial charge on any atom is -0.350 e. The second-order valence-corrected chi connectivity index (χ2v) is 12.1. The third kappa shape index (κ3) is 6.85. The van der Waals surface area contributed by atoms with Crippen molar-refractivity contribution in [2.24, 2.45) is 0 Å². The monoisotopic (exact) mass is 509 g/mol. The lowest BCUT2D eigenvalue weighted by molar-refractivity contribution is -0.140. The fourth-order valence-corrected chi connectivity index (χ4v) is 4.83. The number of hydrogen-bond acceptors (Lipinski definition) is 4. The van der Waals surface area contributed by atoms with Crippen molar-refractivity contribution < 1.29 is 18.0 Å². The fourth-order valence-electron chi connectivity index (χ4n) is 3.97. The molecule has 0 aliphatic heterocycles. The second kappa shape index (κ2) is 10.7. The first-order chi connectivity index (χ1) is 16.8. The maximum absolute atomic E-state index is 13.7. The predicted octanol–water partition coefficient (Wildman–Crippen LogP) is 4.25. The maximum Gasteiger partial charge on any atom is 0.244 e. The van der Waals surface area contributed by atoms with E-state index in [-0.39, 0.29) is 12.5 Å². The largest absolute Gasteiger partial charge is 0.350 e. The predicted molar refractivity (Wildman–Crippen MR) is 145 cm³/mol. The number of amides is 2. The van der Waals surface area contributed by atoms with Gasteiger partial charge < -0.3 is 10.2 Å². The average molecular weight is 510 g/mol. The number of rotatable bonds is 8. The van der Waals surface area contributed by atoms with Gasteiger partial charge in [-0.2, -0.15) is 0 Å². The van der Waals surface area contributed by atoms with Crippen LogP contribution in [0.1, 0.15) is 38.8 Å². The number of hydrogen-bond donors (Lipinski definition) is 1. The number of benzene rings is 3. The molecule has 1 N–H and O–H groups in total. The SMILES string of the molecule is Cc1ccc(CN(C(=O)CN(c2cccc3ccccc23)S(C)(=O)=O)[C@@H](C)C(=O)NC(C)(C)C)cc1. The molecule has 0 aliphatic rings. The summed E-state index contributed by atoms with van der Waals surface area (Å²) < 4.78 is 26.9. The lowest BCUT2D eigenvalue weighted by Crippen LogP contribution is -2.54. The average Bonchev–Trinajstić information content (AvgIpc) is 2.79. The quantitative estimate of drug-likeness (QED) is 0.492. The van der Waals surface area contributed by atoms with Gasteiger partial charge in [-0.05, 0) is 51.6 Å². The molecular weight excluding hydrogens is 474 g/mol. The van der Waals surface area contributed by atoms with E-state index >= 15 is 0 Å². The molecule has 0 unspecified atom stereocenters. The number of nitrogens with zero attached hydrogens (tertiary/aromatic N) is 2. The summed E-state index contributed by atoms with van der Waals surface area (Å²) in [6.45, 7) is 8.99. The molecule has 0 radical (unpaired) electrons. The van der Waals surface area contributed by atoms with Crippen LogP contribution < -0.4 is 9.62 Å². The molecule has 0 heterocycles. The van der Waals surface area contributed by atoms with Gasteiger partial charge in [0.25, 0.3) is 0 Å². The zero-order valence-corrected chi connectivity index (χ0v) is 22.6. The minimum atomic E-state index is -3.81. The van der Waals surface area contributed by atoms with Gasteiger partial charge in [0, 0.05) is 17.5 Å². The summed E-state index contributed by atoms with van der Waals surface area (Å²) in [5, 5.41) is 4.51. The Balaban J connectivity index is 1.99. The molecule has 2 amide bonds. The van der Waals surface area contributed by atoms with Gasteiger partial charge in [-0.1, -0.05) is 66.2 Å². The maximum atomic E-state index is 13.7. The van der Waals surface area contributed by atoms with Crippen LogP contribution in [0.3, 0.4) is 0 Å². The number of fused-ring (bicyclic) bond motifs is 1. The topological polar surface area (TPSA) is 86.8 Å². The van der Waals surface area contributed by atoms with Gasteiger partial charge >= 0.3 is 0 Å². The highest BCUT2D eigenvalue weighted by molar-refractivity contribution is 7.92. The van der Waals surface area contributed by atoms with Gasteiger partial charge in [0.05, 0.1) is 11.9 Å². The Morgan fingerprint density at radius 2 is 1.56 bits per heavy atom. The van der Waals surface area contributed by atoms with E-state index in [4.69, 9.17) is 0 Å². The van der Waals surface area contributed by atoms with E-state index in [2.05, 4.69) is 5.32 Å². The first kappa shape index (κ1) is 27.2. The second-order valence-electron chi connectivity index (χ2n) is 10.2. The van der Waals surface area contributed by atoms with Gasteiger partial charge in [0.2, 0.25) is 21.8 Å². The number of nitrogens with one attached hydrogen (secondary N) is 1. The van der Waals surface area contributed by atoms with E-state index in [0.717, 1.165) is 32.5 Å². The smallest absolute Gasteiger partial charge is 0.244 e. The van der Waals surface area contributed by atoms with Crippen LogP contribution in [0.15, 0.2) is 66.7 Å². The van der Waals surface area contributed by atoms with Crippen LogP contribution in [0.5, 0.6) is 0 Å². The van der Waals surface area contributed by atoms with Crippen molar-refractivity contribution in [2.45, 2.75) is 52.7 Å². The van der Waals surface area contributed by atoms with Crippen molar-refractivity contribution in [2.75, 3.05) is 17.1 Å². The van der Waals surface area contributed by atoms with E-state index < -0.39 is 34.1 Å². The van der Waals surface area contributed by atoms with Crippen molar-refractivity contribution in [1.82, 2.24) is 10.2 Å². The zero-order chi connectivity index (χ0) is 26.7. The van der Waals surface area contributed by atoms with Crippen molar-refractivity contribution in [3.05, 3.63) is 77.9 Å². The number of sulfonamides is 1. The Kier molecular flexibility index (Phi) is 8.09. The van der Waals surface area contributed by atoms with Gasteiger partial charge in [-0.25, -0.2) is 8.42 Å². The summed E-state index contributed by atoms with van der Waals surface area (Å²) in [5.74, 6) is -0.774. The van der Waals surface area contributed by atoms with Crippen LogP contribution in [0.2, 0.25) is 0 Å². The number of anilines is 1. The molecular formula is C28H35N3O4S. The van der Waals surface area contributed by atoms with Crippen molar-refractivity contribution in [3.8, 4) is 0 Å². The van der Waals surface area contributed by atoms with E-state index in [1.165, 1.54) is 4.90 Å². The van der Waals surface area contributed by atoms with Crippen molar-refractivity contribution >= 4 is 38.3 Å². The minimum absolute atomic E-state index is 0.172. The third-order valence-electron chi connectivity index (χ3n) is 5.85. The number of carbonyl (C=O) groups is 2. The number of carbonyl (C=O) groups excluding carboxylic acids is 2. The van der Waals surface area contributed by atoms with E-state index in [0.29, 0.717) is 5.69 Å². The molecule has 0 aromatic heterocycles. The molecule has 0 saturated carbocycles. The molecule has 0 spiro atoms. The fraction of sp³-hybridized carbons (Fsp3) is 0.357. The summed E-state index contributed by atoms with van der Waals surface area (Å²) in [7, 11) is -3.81. The van der Waals surface area contributed by atoms with Crippen LogP contribution in [-0.2, 0) is 26.2 Å². The van der Waals surface area contributed by atoms with Crippen molar-refractivity contribution in [3.63, 3.8) is 0 Å². The third-order valence-corrected chi connectivity index (χ3v) is 6.98. The Morgan fingerprint density at radius 1 is 0.944 bits per heavy atom. The molecule has 0 saturated heterocycles. The van der Waals surface area contributed by atoms with E-state index in [1.807, 2.05) is 82.3 Å². The summed E-state index contributed by atoms with van der Waals surface area (Å²) in [4.78, 5) is 28.2. The molecule has 1 atom stereocenters. The summed E-state index contributed by atoms with van der Waals surface area (Å²) in [5.41, 5.74) is 1.87. The first-order valence-electron chi connectivity index (χ1n) is 11.9. The van der Waals surface area contributed by atoms with Crippen molar-refractivity contribution in [1.29, 1.82) is 0 Å². The Morgan fingerprint density at radius 3 is 2.17 bits per heavy atom. The van der Waals surface area contributed by atoms with Gasteiger partial charge in [0.1, 0.15) is 12.6 Å². The Bertz CT molecular complexity index is 1340. The summed E-state index contributed by atoms with van der Waals surface area (Å²) >= 11 is 0. The molecule has 3 aromatic rings. The van der Waals surface area contributed by atoms with Gasteiger partial charge in [-0.15, -0.1) is 0 Å². The molecule has 3 aromatic carbocycles. The van der Waals surface area contributed by atoms with E-state index in [1.54, 1.807) is 19.1 Å². The lowest BCUT2D eigenvalue weighted by atomic mass is 10.1. The highest BCUT2D eigenvalue weighted by Gasteiger charge is 2.31. The Labute approximate surface area is 214 Å². The van der Waals surface area contributed by atoms with Crippen LogP contribution in [0.4, 0.5) is 5.69 Å². The van der Waals surface area contributed by atoms with Crippen LogP contribution in [0, 0.1) is 6.92 Å². The molecule has 192 valence electrons. The van der Waals surface area contributed by atoms with Crippen LogP contribution >= 0.6 is 0 Å². The van der Waals surface area contributed by atoms with Crippen LogP contribution in [0.25, 0.3) is 10.8 Å². The van der Waals surface area contributed by atoms with Gasteiger partial charge in [0.15, 0.2) is 0 Å². The van der Waals surface area contributed by atoms with Crippen LogP contribution in [-0.4, -0.2) is 49.5 Å². The summed E-state index contributed by atoms with van der Waals surface area (Å²) in [6.07, 6.45) is 1.09. The molecule has 3 rings (SSSR count). The summed E-state index contributed by atoms with van der Waals surface area (Å²) in [6, 6.07) is 19.7. The zero-order valence-electron chi connectivity index (χ0n) is 21.8. The normalized spacial score (nSPS) is 12.7. The Hall–Kier alpha value is -3.39. The standard InChI is InChI=1S/C28H35N3O4S/c1-20-14-16-22(17-15-20)18-30(21(2)27(33)29-28(3,4)5)26(32)19-31(36(6,34)35)25-13-9-11-23-10-7-8-12-24(23)25/h7-17,21H,18-19H2,1-6H3,(H,29,33)/t21-/m0/s1. The first-order valence-corrected chi connectivity index (χ1v) is 13.7. The molecule has 8 heteroatoms. The van der Waals surface area contributed by atoms with E-state index in [9.17, 15) is 18.0 Å². The van der Waals surface area contributed by atoms with Gasteiger partial charge in [-0.3, -0.25) is 13.9 Å². The lowest BCUT2D eigenvalue weighted by Gasteiger charge is -2.33. The molecule has 0 fully saturated rings. The molecule has 0 bridgehead atoms.